The standard InChI is InChI=1S/C3H7N3/c1-3-5-6-4-2/h2-3H2,1H3. The van der Waals surface area contributed by atoms with Gasteiger partial charge in [-0.25, -0.2) is 0 Å². The fourth-order valence-corrected chi connectivity index (χ4v) is 0.108. The molecular weight excluding hydrogens is 78.1 g/mol. The molecule has 0 aliphatic carbocycles. The van der Waals surface area contributed by atoms with Gasteiger partial charge in [-0.05, 0) is 6.92 Å². The molecule has 0 amide bonds. The van der Waals surface area contributed by atoms with Crippen molar-refractivity contribution in [3.05, 3.63) is 0 Å². The molecule has 0 bridgehead atoms. The molecule has 0 rings (SSSR count). The van der Waals surface area contributed by atoms with Crippen molar-refractivity contribution in [2.24, 2.45) is 15.4 Å². The average molecular weight is 85.1 g/mol. The van der Waals surface area contributed by atoms with Crippen molar-refractivity contribution in [1.29, 1.82) is 0 Å². The fraction of sp³-hybridized carbons (Fsp3) is 0.667. The van der Waals surface area contributed by atoms with Crippen LogP contribution in [0.15, 0.2) is 15.4 Å². The zero-order valence-electron chi connectivity index (χ0n) is 3.76. The summed E-state index contributed by atoms with van der Waals surface area (Å²) in [4.78, 5) is 0. The van der Waals surface area contributed by atoms with Gasteiger partial charge in [0, 0.05) is 6.72 Å². The minimum atomic E-state index is 0.680. The van der Waals surface area contributed by atoms with E-state index in [-0.39, 0.29) is 0 Å². The van der Waals surface area contributed by atoms with Gasteiger partial charge in [0.15, 0.2) is 0 Å². The van der Waals surface area contributed by atoms with E-state index in [0.717, 1.165) is 0 Å². The zero-order chi connectivity index (χ0) is 4.83. The van der Waals surface area contributed by atoms with E-state index in [2.05, 4.69) is 22.2 Å². The fourth-order valence-electron chi connectivity index (χ4n) is 0.108. The van der Waals surface area contributed by atoms with Gasteiger partial charge in [0.25, 0.3) is 0 Å². The lowest BCUT2D eigenvalue weighted by Gasteiger charge is -1.67. The maximum absolute atomic E-state index is 3.49. The Morgan fingerprint density at radius 1 is 1.67 bits per heavy atom. The second-order valence-electron chi connectivity index (χ2n) is 0.689. The molecule has 0 N–H and O–H groups in total. The van der Waals surface area contributed by atoms with Crippen LogP contribution in [0, 0.1) is 0 Å². The molecule has 0 aromatic heterocycles. The van der Waals surface area contributed by atoms with Gasteiger partial charge in [0.05, 0.1) is 6.54 Å². The van der Waals surface area contributed by atoms with Gasteiger partial charge in [0.1, 0.15) is 0 Å². The van der Waals surface area contributed by atoms with Crippen molar-refractivity contribution in [2.75, 3.05) is 6.54 Å². The van der Waals surface area contributed by atoms with Crippen LogP contribution in [0.2, 0.25) is 0 Å². The lowest BCUT2D eigenvalue weighted by Crippen LogP contribution is -1.57. The van der Waals surface area contributed by atoms with Crippen LogP contribution in [-0.4, -0.2) is 13.3 Å². The van der Waals surface area contributed by atoms with Crippen LogP contribution in [0.25, 0.3) is 0 Å². The lowest BCUT2D eigenvalue weighted by molar-refractivity contribution is 0.933. The second kappa shape index (κ2) is 4.27. The van der Waals surface area contributed by atoms with Gasteiger partial charge >= 0.3 is 0 Å². The van der Waals surface area contributed by atoms with E-state index >= 15 is 0 Å². The zero-order valence-corrected chi connectivity index (χ0v) is 3.76. The molecule has 0 heterocycles. The summed E-state index contributed by atoms with van der Waals surface area (Å²) >= 11 is 0. The highest BCUT2D eigenvalue weighted by Crippen LogP contribution is 1.69. The van der Waals surface area contributed by atoms with Gasteiger partial charge in [-0.2, -0.15) is 5.11 Å². The molecule has 0 spiro atoms. The van der Waals surface area contributed by atoms with E-state index in [1.165, 1.54) is 0 Å². The summed E-state index contributed by atoms with van der Waals surface area (Å²) in [5.74, 6) is 0. The van der Waals surface area contributed by atoms with E-state index in [9.17, 15) is 0 Å². The molecule has 0 aromatic carbocycles. The predicted octanol–water partition coefficient (Wildman–Crippen LogP) is 1.07. The minimum Gasteiger partial charge on any atom is -0.169 e. The quantitative estimate of drug-likeness (QED) is 0.273. The van der Waals surface area contributed by atoms with E-state index in [1.54, 1.807) is 0 Å². The predicted molar refractivity (Wildman–Crippen MR) is 24.9 cm³/mol. The van der Waals surface area contributed by atoms with Crippen LogP contribution in [0.4, 0.5) is 0 Å². The van der Waals surface area contributed by atoms with Gasteiger partial charge in [-0.1, -0.05) is 5.22 Å². The van der Waals surface area contributed by atoms with Crippen molar-refractivity contribution in [2.45, 2.75) is 6.92 Å². The monoisotopic (exact) mass is 85.1 g/mol. The van der Waals surface area contributed by atoms with Crippen LogP contribution < -0.4 is 0 Å². The molecule has 0 saturated carbocycles. The van der Waals surface area contributed by atoms with Gasteiger partial charge in [-0.3, -0.25) is 0 Å². The van der Waals surface area contributed by atoms with E-state index in [4.69, 9.17) is 0 Å². The maximum atomic E-state index is 3.49. The minimum absolute atomic E-state index is 0.680. The normalized spacial score (nSPS) is 9.50. The Morgan fingerprint density at radius 2 is 2.33 bits per heavy atom. The Morgan fingerprint density at radius 3 is 2.50 bits per heavy atom. The van der Waals surface area contributed by atoms with Crippen LogP contribution in [-0.2, 0) is 0 Å². The summed E-state index contributed by atoms with van der Waals surface area (Å²) in [5.41, 5.74) is 0. The van der Waals surface area contributed by atoms with Crippen LogP contribution >= 0.6 is 0 Å². The summed E-state index contributed by atoms with van der Waals surface area (Å²) in [6.45, 7) is 5.65. The summed E-state index contributed by atoms with van der Waals surface area (Å²) < 4.78 is 0. The molecule has 0 saturated heterocycles. The number of hydrogen-bond donors (Lipinski definition) is 0. The Hall–Kier alpha value is -0.730. The van der Waals surface area contributed by atoms with E-state index < -0.39 is 0 Å². The Balaban J connectivity index is 2.94. The molecule has 0 aliphatic rings. The lowest BCUT2D eigenvalue weighted by atomic mass is 10.8. The van der Waals surface area contributed by atoms with Crippen LogP contribution in [0.5, 0.6) is 0 Å². The first-order valence-electron chi connectivity index (χ1n) is 1.74. The van der Waals surface area contributed by atoms with Crippen LogP contribution in [0.1, 0.15) is 6.92 Å². The number of hydrogen-bond acceptors (Lipinski definition) is 2. The Kier molecular flexibility index (Phi) is 3.75. The smallest absolute Gasteiger partial charge is 0.0592 e. The Bertz CT molecular complexity index is 57.1. The highest BCUT2D eigenvalue weighted by atomic mass is 15.3. The van der Waals surface area contributed by atoms with Crippen molar-refractivity contribution in [3.63, 3.8) is 0 Å². The van der Waals surface area contributed by atoms with Gasteiger partial charge in [-0.15, -0.1) is 5.10 Å². The summed E-state index contributed by atoms with van der Waals surface area (Å²) in [7, 11) is 0. The average Bonchev–Trinajstić information content (AvgIpc) is 1.61. The molecule has 0 aromatic rings. The molecule has 34 valence electrons. The van der Waals surface area contributed by atoms with Crippen molar-refractivity contribution >= 4 is 6.72 Å². The second-order valence-corrected chi connectivity index (χ2v) is 0.689. The SMILES string of the molecule is C=NN=NCC. The van der Waals surface area contributed by atoms with Crippen molar-refractivity contribution in [3.8, 4) is 0 Å². The molecule has 0 fully saturated rings. The third-order valence-electron chi connectivity index (χ3n) is 0.268. The van der Waals surface area contributed by atoms with Gasteiger partial charge in [0.2, 0.25) is 0 Å². The highest BCUT2D eigenvalue weighted by molar-refractivity contribution is 5.22. The number of nitrogens with zero attached hydrogens (tertiary/aromatic N) is 3. The molecule has 0 unspecified atom stereocenters. The molecular formula is C3H7N3. The summed E-state index contributed by atoms with van der Waals surface area (Å²) in [6, 6.07) is 0. The van der Waals surface area contributed by atoms with E-state index in [0.29, 0.717) is 6.54 Å². The topological polar surface area (TPSA) is 37.1 Å². The summed E-state index contributed by atoms with van der Waals surface area (Å²) in [5, 5.41) is 9.85. The van der Waals surface area contributed by atoms with Crippen molar-refractivity contribution in [1.82, 2.24) is 0 Å². The molecule has 3 heteroatoms. The first kappa shape index (κ1) is 5.27. The Labute approximate surface area is 36.8 Å². The largest absolute Gasteiger partial charge is 0.169 e. The highest BCUT2D eigenvalue weighted by Gasteiger charge is 1.56. The molecule has 0 aliphatic heterocycles. The number of rotatable bonds is 2. The van der Waals surface area contributed by atoms with Crippen LogP contribution in [0.3, 0.4) is 0 Å². The summed E-state index contributed by atoms with van der Waals surface area (Å²) in [6.07, 6.45) is 0. The van der Waals surface area contributed by atoms with Gasteiger partial charge < -0.3 is 0 Å². The molecule has 0 radical (unpaired) electrons. The van der Waals surface area contributed by atoms with Crippen molar-refractivity contribution < 1.29 is 0 Å². The molecule has 0 atom stereocenters. The third-order valence-corrected chi connectivity index (χ3v) is 0.268. The first-order valence-corrected chi connectivity index (χ1v) is 1.74. The molecule has 3 nitrogen and oxygen atoms in total. The third kappa shape index (κ3) is 3.27. The van der Waals surface area contributed by atoms with E-state index in [1.807, 2.05) is 6.92 Å². The molecule has 6 heavy (non-hydrogen) atoms. The maximum Gasteiger partial charge on any atom is 0.0592 e. The first-order chi connectivity index (χ1) is 2.91.